The summed E-state index contributed by atoms with van der Waals surface area (Å²) in [6.45, 7) is 3.60. The number of carbonyl (C=O) groups is 2. The third-order valence-corrected chi connectivity index (χ3v) is 7.02. The van der Waals surface area contributed by atoms with E-state index in [1.165, 1.54) is 34.8 Å². The van der Waals surface area contributed by atoms with E-state index in [2.05, 4.69) is 15.3 Å². The van der Waals surface area contributed by atoms with Gasteiger partial charge in [-0.1, -0.05) is 13.0 Å². The van der Waals surface area contributed by atoms with Gasteiger partial charge in [0.05, 0.1) is 42.9 Å². The van der Waals surface area contributed by atoms with E-state index in [9.17, 15) is 23.1 Å². The molecule has 34 heavy (non-hydrogen) atoms. The van der Waals surface area contributed by atoms with Crippen molar-refractivity contribution in [3.63, 3.8) is 0 Å². The number of nitrogens with zero attached hydrogens (tertiary/aromatic N) is 4. The molecule has 2 aromatic rings. The number of aliphatic hydroxyl groups is 1. The SMILES string of the molecule is C[C@H]1CN([C@@H](C)CO)C(=O)c2cccc(NC(=O)c3cnccn3)c2O[C@@H]1CN(C)S(C)(=O)=O. The minimum absolute atomic E-state index is 0.0292. The number of fused-ring (bicyclic) bond motifs is 1. The number of nitrogens with one attached hydrogen (secondary N) is 1. The van der Waals surface area contributed by atoms with E-state index in [0.717, 1.165) is 6.26 Å². The summed E-state index contributed by atoms with van der Waals surface area (Å²) in [5, 5.41) is 12.4. The van der Waals surface area contributed by atoms with Crippen molar-refractivity contribution in [3.8, 4) is 5.75 Å². The number of sulfonamides is 1. The number of hydrogen-bond acceptors (Lipinski definition) is 8. The number of anilines is 1. The molecule has 0 bridgehead atoms. The summed E-state index contributed by atoms with van der Waals surface area (Å²) in [6, 6.07) is 4.28. The van der Waals surface area contributed by atoms with E-state index < -0.39 is 28.1 Å². The van der Waals surface area contributed by atoms with Gasteiger partial charge in [-0.3, -0.25) is 14.6 Å². The number of carbonyl (C=O) groups excluding carboxylic acids is 2. The van der Waals surface area contributed by atoms with Crippen molar-refractivity contribution in [2.75, 3.05) is 38.3 Å². The fourth-order valence-electron chi connectivity index (χ4n) is 3.55. The smallest absolute Gasteiger partial charge is 0.275 e. The Bertz CT molecular complexity index is 1140. The summed E-state index contributed by atoms with van der Waals surface area (Å²) in [4.78, 5) is 35.6. The molecule has 1 aliphatic heterocycles. The molecule has 2 heterocycles. The molecule has 0 radical (unpaired) electrons. The Balaban J connectivity index is 2.06. The molecule has 11 nitrogen and oxygen atoms in total. The molecule has 1 aromatic carbocycles. The van der Waals surface area contributed by atoms with Crippen LogP contribution < -0.4 is 10.1 Å². The molecule has 0 aliphatic carbocycles. The van der Waals surface area contributed by atoms with Crippen LogP contribution in [0.25, 0.3) is 0 Å². The van der Waals surface area contributed by atoms with Gasteiger partial charge < -0.3 is 20.1 Å². The van der Waals surface area contributed by atoms with E-state index in [1.807, 2.05) is 6.92 Å². The lowest BCUT2D eigenvalue weighted by atomic mass is 9.99. The van der Waals surface area contributed by atoms with Gasteiger partial charge in [-0.15, -0.1) is 0 Å². The van der Waals surface area contributed by atoms with Crippen LogP contribution in [0.1, 0.15) is 34.7 Å². The number of ether oxygens (including phenoxy) is 1. The van der Waals surface area contributed by atoms with Gasteiger partial charge in [-0.2, -0.15) is 0 Å². The van der Waals surface area contributed by atoms with Crippen molar-refractivity contribution < 1.29 is 27.9 Å². The molecule has 0 unspecified atom stereocenters. The largest absolute Gasteiger partial charge is 0.486 e. The molecular weight excluding hydrogens is 462 g/mol. The number of aromatic nitrogens is 2. The molecule has 1 aliphatic rings. The highest BCUT2D eigenvalue weighted by Gasteiger charge is 2.35. The van der Waals surface area contributed by atoms with E-state index in [0.29, 0.717) is 0 Å². The molecule has 0 spiro atoms. The predicted molar refractivity (Wildman–Crippen MR) is 125 cm³/mol. The normalized spacial score (nSPS) is 19.6. The zero-order chi connectivity index (χ0) is 25.0. The second kappa shape index (κ2) is 10.5. The number of para-hydroxylation sites is 1. The molecule has 2 N–H and O–H groups in total. The van der Waals surface area contributed by atoms with Crippen LogP contribution in [0.2, 0.25) is 0 Å². The van der Waals surface area contributed by atoms with Crippen molar-refractivity contribution in [2.24, 2.45) is 5.92 Å². The van der Waals surface area contributed by atoms with Gasteiger partial charge in [-0.05, 0) is 19.1 Å². The maximum absolute atomic E-state index is 13.4. The number of amides is 2. The summed E-state index contributed by atoms with van der Waals surface area (Å²) in [5.41, 5.74) is 0.505. The molecule has 12 heteroatoms. The monoisotopic (exact) mass is 491 g/mol. The lowest BCUT2D eigenvalue weighted by Crippen LogP contribution is -2.50. The zero-order valence-corrected chi connectivity index (χ0v) is 20.3. The molecule has 2 amide bonds. The van der Waals surface area contributed by atoms with Gasteiger partial charge in [0.2, 0.25) is 10.0 Å². The molecule has 0 saturated carbocycles. The number of benzene rings is 1. The summed E-state index contributed by atoms with van der Waals surface area (Å²) >= 11 is 0. The predicted octanol–water partition coefficient (Wildman–Crippen LogP) is 0.840. The van der Waals surface area contributed by atoms with Crippen molar-refractivity contribution >= 4 is 27.5 Å². The van der Waals surface area contributed by atoms with Crippen molar-refractivity contribution in [1.29, 1.82) is 0 Å². The highest BCUT2D eigenvalue weighted by atomic mass is 32.2. The number of rotatable bonds is 7. The first-order valence-corrected chi connectivity index (χ1v) is 12.6. The lowest BCUT2D eigenvalue weighted by Gasteiger charge is -2.38. The van der Waals surface area contributed by atoms with Crippen LogP contribution in [-0.2, 0) is 10.0 Å². The molecule has 184 valence electrons. The highest BCUT2D eigenvalue weighted by molar-refractivity contribution is 7.88. The molecule has 3 rings (SSSR count). The zero-order valence-electron chi connectivity index (χ0n) is 19.5. The highest BCUT2D eigenvalue weighted by Crippen LogP contribution is 2.35. The fraction of sp³-hybridized carbons (Fsp3) is 0.455. The first kappa shape index (κ1) is 25.5. The van der Waals surface area contributed by atoms with Crippen LogP contribution in [0, 0.1) is 5.92 Å². The van der Waals surface area contributed by atoms with Crippen molar-refractivity contribution in [2.45, 2.75) is 26.0 Å². The molecule has 3 atom stereocenters. The standard InChI is InChI=1S/C22H29N5O6S/c1-14-11-27(15(2)13-28)22(30)16-6-5-7-17(25-21(29)18-10-23-8-9-24-18)20(16)33-19(14)12-26(3)34(4,31)32/h5-10,14-15,19,28H,11-13H2,1-4H3,(H,25,29)/t14-,15-,19+/m0/s1. The average molecular weight is 492 g/mol. The molecule has 0 fully saturated rings. The van der Waals surface area contributed by atoms with Crippen LogP contribution in [0.15, 0.2) is 36.8 Å². The lowest BCUT2D eigenvalue weighted by molar-refractivity contribution is 0.0389. The Morgan fingerprint density at radius 2 is 2.12 bits per heavy atom. The van der Waals surface area contributed by atoms with Crippen molar-refractivity contribution in [3.05, 3.63) is 48.0 Å². The first-order chi connectivity index (χ1) is 16.0. The third-order valence-electron chi connectivity index (χ3n) is 5.74. The Hall–Kier alpha value is -3.09. The number of aliphatic hydroxyl groups excluding tert-OH is 1. The minimum atomic E-state index is -3.49. The maximum Gasteiger partial charge on any atom is 0.275 e. The van der Waals surface area contributed by atoms with E-state index in [4.69, 9.17) is 4.74 Å². The quantitative estimate of drug-likeness (QED) is 0.580. The summed E-state index contributed by atoms with van der Waals surface area (Å²) < 4.78 is 31.5. The van der Waals surface area contributed by atoms with Crippen LogP contribution in [0.5, 0.6) is 5.75 Å². The van der Waals surface area contributed by atoms with Gasteiger partial charge in [0.25, 0.3) is 11.8 Å². The van der Waals surface area contributed by atoms with Gasteiger partial charge in [0, 0.05) is 31.9 Å². The van der Waals surface area contributed by atoms with E-state index in [-0.39, 0.29) is 54.2 Å². The topological polar surface area (TPSA) is 142 Å². The van der Waals surface area contributed by atoms with Crippen LogP contribution in [0.3, 0.4) is 0 Å². The number of likely N-dealkylation sites (N-methyl/N-ethyl adjacent to an activating group) is 1. The minimum Gasteiger partial charge on any atom is -0.486 e. The Kier molecular flexibility index (Phi) is 7.85. The summed E-state index contributed by atoms with van der Waals surface area (Å²) in [7, 11) is -2.04. The Labute approximate surface area is 198 Å². The third kappa shape index (κ3) is 5.69. The average Bonchev–Trinajstić information content (AvgIpc) is 2.81. The van der Waals surface area contributed by atoms with Crippen molar-refractivity contribution in [1.82, 2.24) is 19.2 Å². The van der Waals surface area contributed by atoms with Crippen LogP contribution in [0.4, 0.5) is 5.69 Å². The van der Waals surface area contributed by atoms with Gasteiger partial charge in [-0.25, -0.2) is 17.7 Å². The van der Waals surface area contributed by atoms with E-state index >= 15 is 0 Å². The van der Waals surface area contributed by atoms with Gasteiger partial charge >= 0.3 is 0 Å². The van der Waals surface area contributed by atoms with Crippen LogP contribution in [-0.4, -0.2) is 89.7 Å². The second-order valence-electron chi connectivity index (χ2n) is 8.39. The Morgan fingerprint density at radius 1 is 1.38 bits per heavy atom. The maximum atomic E-state index is 13.4. The molecule has 1 aromatic heterocycles. The number of hydrogen-bond donors (Lipinski definition) is 2. The second-order valence-corrected chi connectivity index (χ2v) is 10.5. The first-order valence-electron chi connectivity index (χ1n) is 10.7. The van der Waals surface area contributed by atoms with E-state index in [1.54, 1.807) is 25.1 Å². The fourth-order valence-corrected chi connectivity index (χ4v) is 3.97. The summed E-state index contributed by atoms with van der Waals surface area (Å²) in [5.74, 6) is -1.08. The van der Waals surface area contributed by atoms with Gasteiger partial charge in [0.15, 0.2) is 5.75 Å². The van der Waals surface area contributed by atoms with Gasteiger partial charge in [0.1, 0.15) is 11.8 Å². The molecular formula is C22H29N5O6S. The Morgan fingerprint density at radius 3 is 2.74 bits per heavy atom. The summed E-state index contributed by atoms with van der Waals surface area (Å²) in [6.07, 6.45) is 4.60. The van der Waals surface area contributed by atoms with Crippen LogP contribution >= 0.6 is 0 Å². The molecule has 0 saturated heterocycles.